The Kier molecular flexibility index (Phi) is 7.77. The molecule has 5 nitrogen and oxygen atoms in total. The number of likely N-dealkylation sites (tertiary alicyclic amines) is 1. The number of benzene rings is 1. The summed E-state index contributed by atoms with van der Waals surface area (Å²) in [6.45, 7) is 6.49. The number of guanidine groups is 1. The predicted molar refractivity (Wildman–Crippen MR) is 106 cm³/mol. The smallest absolute Gasteiger partial charge is 0.193 e. The van der Waals surface area contributed by atoms with Crippen LogP contribution in [0.2, 0.25) is 0 Å². The Morgan fingerprint density at radius 1 is 1.27 bits per heavy atom. The van der Waals surface area contributed by atoms with Crippen LogP contribution >= 0.6 is 0 Å². The second-order valence-electron chi connectivity index (χ2n) is 7.42. The maximum Gasteiger partial charge on any atom is 0.193 e. The van der Waals surface area contributed by atoms with E-state index >= 15 is 0 Å². The SMILES string of the molecule is CN=C(NCCCOCC1CCOC1)N1CCC(Cc2ccccc2)C1. The van der Waals surface area contributed by atoms with E-state index in [0.29, 0.717) is 11.8 Å². The maximum absolute atomic E-state index is 5.77. The van der Waals surface area contributed by atoms with Crippen molar-refractivity contribution in [2.45, 2.75) is 25.7 Å². The molecule has 2 aliphatic heterocycles. The van der Waals surface area contributed by atoms with Crippen LogP contribution in [0.3, 0.4) is 0 Å². The number of aliphatic imine (C=N–C) groups is 1. The molecule has 2 unspecified atom stereocenters. The summed E-state index contributed by atoms with van der Waals surface area (Å²) >= 11 is 0. The van der Waals surface area contributed by atoms with Gasteiger partial charge in [-0.25, -0.2) is 0 Å². The van der Waals surface area contributed by atoms with Crippen molar-refractivity contribution in [2.24, 2.45) is 16.8 Å². The molecule has 0 radical (unpaired) electrons. The molecule has 2 fully saturated rings. The van der Waals surface area contributed by atoms with Gasteiger partial charge in [0.15, 0.2) is 5.96 Å². The minimum absolute atomic E-state index is 0.599. The van der Waals surface area contributed by atoms with Crippen LogP contribution in [0.5, 0.6) is 0 Å². The molecule has 2 atom stereocenters. The molecule has 0 aliphatic carbocycles. The van der Waals surface area contributed by atoms with Gasteiger partial charge in [-0.3, -0.25) is 4.99 Å². The monoisotopic (exact) mass is 359 g/mol. The van der Waals surface area contributed by atoms with E-state index in [4.69, 9.17) is 9.47 Å². The number of ether oxygens (including phenoxy) is 2. The fourth-order valence-corrected chi connectivity index (χ4v) is 3.81. The number of nitrogens with zero attached hydrogens (tertiary/aromatic N) is 2. The Labute approximate surface area is 157 Å². The molecular formula is C21H33N3O2. The largest absolute Gasteiger partial charge is 0.381 e. The Morgan fingerprint density at radius 3 is 2.92 bits per heavy atom. The Morgan fingerprint density at radius 2 is 2.15 bits per heavy atom. The predicted octanol–water partition coefficient (Wildman–Crippen LogP) is 2.57. The zero-order valence-corrected chi connectivity index (χ0v) is 16.0. The molecule has 0 saturated carbocycles. The van der Waals surface area contributed by atoms with Gasteiger partial charge in [0.25, 0.3) is 0 Å². The lowest BCUT2D eigenvalue weighted by Gasteiger charge is -2.22. The van der Waals surface area contributed by atoms with Crippen molar-refractivity contribution >= 4 is 5.96 Å². The zero-order valence-electron chi connectivity index (χ0n) is 16.0. The lowest BCUT2D eigenvalue weighted by atomic mass is 9.99. The summed E-state index contributed by atoms with van der Waals surface area (Å²) in [5.41, 5.74) is 1.44. The first-order valence-electron chi connectivity index (χ1n) is 10.00. The van der Waals surface area contributed by atoms with Gasteiger partial charge in [-0.1, -0.05) is 30.3 Å². The van der Waals surface area contributed by atoms with E-state index in [-0.39, 0.29) is 0 Å². The van der Waals surface area contributed by atoms with Gasteiger partial charge in [0, 0.05) is 45.8 Å². The summed E-state index contributed by atoms with van der Waals surface area (Å²) in [7, 11) is 1.88. The second kappa shape index (κ2) is 10.5. The van der Waals surface area contributed by atoms with E-state index < -0.39 is 0 Å². The van der Waals surface area contributed by atoms with Crippen LogP contribution in [0.4, 0.5) is 0 Å². The highest BCUT2D eigenvalue weighted by atomic mass is 16.5. The van der Waals surface area contributed by atoms with E-state index in [0.717, 1.165) is 71.3 Å². The molecule has 0 spiro atoms. The van der Waals surface area contributed by atoms with Crippen LogP contribution in [0.1, 0.15) is 24.8 Å². The Hall–Kier alpha value is -1.59. The topological polar surface area (TPSA) is 46.1 Å². The molecular weight excluding hydrogens is 326 g/mol. The third-order valence-corrected chi connectivity index (χ3v) is 5.29. The van der Waals surface area contributed by atoms with Gasteiger partial charge in [0.05, 0.1) is 13.2 Å². The average Bonchev–Trinajstić information content (AvgIpc) is 3.34. The first-order valence-corrected chi connectivity index (χ1v) is 10.00. The molecule has 1 N–H and O–H groups in total. The quantitative estimate of drug-likeness (QED) is 0.440. The number of rotatable bonds is 8. The highest BCUT2D eigenvalue weighted by Gasteiger charge is 2.24. The molecule has 1 aromatic rings. The highest BCUT2D eigenvalue weighted by molar-refractivity contribution is 5.80. The second-order valence-corrected chi connectivity index (χ2v) is 7.42. The molecule has 2 aliphatic rings. The van der Waals surface area contributed by atoms with E-state index in [9.17, 15) is 0 Å². The van der Waals surface area contributed by atoms with Crippen LogP contribution in [-0.2, 0) is 15.9 Å². The third kappa shape index (κ3) is 5.99. The van der Waals surface area contributed by atoms with Gasteiger partial charge < -0.3 is 19.7 Å². The summed E-state index contributed by atoms with van der Waals surface area (Å²) < 4.78 is 11.1. The Bertz CT molecular complexity index is 543. The van der Waals surface area contributed by atoms with Gasteiger partial charge in [-0.05, 0) is 37.2 Å². The number of hydrogen-bond donors (Lipinski definition) is 1. The molecule has 0 amide bonds. The van der Waals surface area contributed by atoms with Crippen molar-refractivity contribution in [3.8, 4) is 0 Å². The highest BCUT2D eigenvalue weighted by Crippen LogP contribution is 2.20. The van der Waals surface area contributed by atoms with Gasteiger partial charge >= 0.3 is 0 Å². The van der Waals surface area contributed by atoms with Crippen LogP contribution in [0, 0.1) is 11.8 Å². The lowest BCUT2D eigenvalue weighted by Crippen LogP contribution is -2.40. The van der Waals surface area contributed by atoms with E-state index in [1.54, 1.807) is 0 Å². The number of nitrogens with one attached hydrogen (secondary N) is 1. The molecule has 0 aromatic heterocycles. The zero-order chi connectivity index (χ0) is 18.0. The molecule has 2 saturated heterocycles. The fraction of sp³-hybridized carbons (Fsp3) is 0.667. The van der Waals surface area contributed by atoms with E-state index in [1.165, 1.54) is 12.0 Å². The van der Waals surface area contributed by atoms with Crippen molar-refractivity contribution in [1.29, 1.82) is 0 Å². The van der Waals surface area contributed by atoms with Gasteiger partial charge in [0.1, 0.15) is 0 Å². The van der Waals surface area contributed by atoms with Crippen molar-refractivity contribution in [3.05, 3.63) is 35.9 Å². The summed E-state index contributed by atoms with van der Waals surface area (Å²) in [5, 5.41) is 3.50. The minimum atomic E-state index is 0.599. The van der Waals surface area contributed by atoms with Gasteiger partial charge in [-0.2, -0.15) is 0 Å². The number of hydrogen-bond acceptors (Lipinski definition) is 3. The normalized spacial score (nSPS) is 23.6. The van der Waals surface area contributed by atoms with Gasteiger partial charge in [-0.15, -0.1) is 0 Å². The minimum Gasteiger partial charge on any atom is -0.381 e. The van der Waals surface area contributed by atoms with Crippen molar-refractivity contribution < 1.29 is 9.47 Å². The molecule has 26 heavy (non-hydrogen) atoms. The fourth-order valence-electron chi connectivity index (χ4n) is 3.81. The first-order chi connectivity index (χ1) is 12.8. The molecule has 3 rings (SSSR count). The third-order valence-electron chi connectivity index (χ3n) is 5.29. The first kappa shape index (κ1) is 19.2. The summed E-state index contributed by atoms with van der Waals surface area (Å²) in [6, 6.07) is 10.8. The Balaban J connectivity index is 1.30. The van der Waals surface area contributed by atoms with Crippen molar-refractivity contribution in [2.75, 3.05) is 53.1 Å². The van der Waals surface area contributed by atoms with E-state index in [2.05, 4.69) is 45.5 Å². The van der Waals surface area contributed by atoms with Gasteiger partial charge in [0.2, 0.25) is 0 Å². The van der Waals surface area contributed by atoms with Crippen molar-refractivity contribution in [3.63, 3.8) is 0 Å². The van der Waals surface area contributed by atoms with Crippen molar-refractivity contribution in [1.82, 2.24) is 10.2 Å². The molecule has 144 valence electrons. The summed E-state index contributed by atoms with van der Waals surface area (Å²) in [6.07, 6.45) is 4.55. The molecule has 2 heterocycles. The van der Waals surface area contributed by atoms with Crippen LogP contribution in [-0.4, -0.2) is 64.0 Å². The summed E-state index contributed by atoms with van der Waals surface area (Å²) in [4.78, 5) is 6.86. The molecule has 5 heteroatoms. The average molecular weight is 360 g/mol. The molecule has 0 bridgehead atoms. The van der Waals surface area contributed by atoms with Crippen LogP contribution in [0.25, 0.3) is 0 Å². The maximum atomic E-state index is 5.77. The van der Waals surface area contributed by atoms with Crippen LogP contribution < -0.4 is 5.32 Å². The summed E-state index contributed by atoms with van der Waals surface area (Å²) in [5.74, 6) is 2.35. The van der Waals surface area contributed by atoms with E-state index in [1.807, 2.05) is 7.05 Å². The molecule has 1 aromatic carbocycles. The standard InChI is InChI=1S/C21H33N3O2/c1-22-21(23-10-5-12-25-16-20-9-13-26-17-20)24-11-8-19(15-24)14-18-6-3-2-4-7-18/h2-4,6-7,19-20H,5,8-17H2,1H3,(H,22,23). The lowest BCUT2D eigenvalue weighted by molar-refractivity contribution is 0.0887. The van der Waals surface area contributed by atoms with Crippen LogP contribution in [0.15, 0.2) is 35.3 Å².